The number of rotatable bonds is 3. The van der Waals surface area contributed by atoms with Crippen molar-refractivity contribution in [2.45, 2.75) is 50.7 Å². The van der Waals surface area contributed by atoms with Crippen LogP contribution < -0.4 is 5.73 Å². The lowest BCUT2D eigenvalue weighted by molar-refractivity contribution is -0.135. The smallest absolute Gasteiger partial charge is 0.239 e. The number of carbonyl (C=O) groups excluding carboxylic acids is 1. The molecule has 0 bridgehead atoms. The third kappa shape index (κ3) is 2.67. The molecule has 1 saturated carbocycles. The van der Waals surface area contributed by atoms with Crippen molar-refractivity contribution < 1.29 is 4.79 Å². The second kappa shape index (κ2) is 4.74. The van der Waals surface area contributed by atoms with E-state index in [-0.39, 0.29) is 11.9 Å². The summed E-state index contributed by atoms with van der Waals surface area (Å²) in [7, 11) is 0. The zero-order chi connectivity index (χ0) is 10.8. The molecule has 2 rings (SSSR count). The Kier molecular flexibility index (Phi) is 3.57. The number of thioether (sulfide) groups is 1. The molecule has 0 aromatic rings. The van der Waals surface area contributed by atoms with Crippen LogP contribution in [-0.4, -0.2) is 40.4 Å². The van der Waals surface area contributed by atoms with E-state index in [2.05, 4.69) is 4.90 Å². The molecule has 0 aromatic carbocycles. The largest absolute Gasteiger partial charge is 0.335 e. The van der Waals surface area contributed by atoms with Gasteiger partial charge in [0.2, 0.25) is 5.91 Å². The quantitative estimate of drug-likeness (QED) is 0.790. The van der Waals surface area contributed by atoms with Crippen LogP contribution in [0.25, 0.3) is 0 Å². The lowest BCUT2D eigenvalue weighted by Crippen LogP contribution is -2.49. The molecule has 1 aliphatic carbocycles. The molecule has 1 amide bonds. The maximum atomic E-state index is 12.0. The first-order chi connectivity index (χ1) is 7.20. The van der Waals surface area contributed by atoms with Gasteiger partial charge in [0, 0.05) is 12.1 Å². The average molecular weight is 228 g/mol. The number of carbonyl (C=O) groups is 1. The molecular formula is C11H20N2OS. The standard InChI is InChI=1S/C11H20N2OS/c1-8(12)11(14)13(9-2-3-9)10-4-6-15-7-5-10/h8-10H,2-7,12H2,1H3/t8-/m0/s1. The SMILES string of the molecule is C[C@H](N)C(=O)N(C1CCSCC1)C1CC1. The van der Waals surface area contributed by atoms with Gasteiger partial charge in [-0.15, -0.1) is 0 Å². The molecule has 86 valence electrons. The summed E-state index contributed by atoms with van der Waals surface area (Å²) >= 11 is 2.00. The van der Waals surface area contributed by atoms with Gasteiger partial charge < -0.3 is 10.6 Å². The highest BCUT2D eigenvalue weighted by Crippen LogP contribution is 2.33. The number of hydrogen-bond donors (Lipinski definition) is 1. The summed E-state index contributed by atoms with van der Waals surface area (Å²) < 4.78 is 0. The van der Waals surface area contributed by atoms with Crippen LogP contribution in [0.15, 0.2) is 0 Å². The van der Waals surface area contributed by atoms with Gasteiger partial charge >= 0.3 is 0 Å². The molecule has 1 atom stereocenters. The van der Waals surface area contributed by atoms with E-state index < -0.39 is 0 Å². The Labute approximate surface area is 95.8 Å². The highest BCUT2D eigenvalue weighted by atomic mass is 32.2. The average Bonchev–Trinajstić information content (AvgIpc) is 3.04. The molecule has 1 saturated heterocycles. The lowest BCUT2D eigenvalue weighted by Gasteiger charge is -2.35. The number of amides is 1. The third-order valence-electron chi connectivity index (χ3n) is 3.17. The fraction of sp³-hybridized carbons (Fsp3) is 0.909. The Morgan fingerprint density at radius 2 is 1.80 bits per heavy atom. The summed E-state index contributed by atoms with van der Waals surface area (Å²) in [6.45, 7) is 1.80. The maximum absolute atomic E-state index is 12.0. The van der Waals surface area contributed by atoms with Gasteiger partial charge in [0.15, 0.2) is 0 Å². The van der Waals surface area contributed by atoms with Crippen LogP contribution in [0.2, 0.25) is 0 Å². The predicted octanol–water partition coefficient (Wildman–Crippen LogP) is 1.22. The normalized spacial score (nSPS) is 24.9. The fourth-order valence-electron chi connectivity index (χ4n) is 2.21. The summed E-state index contributed by atoms with van der Waals surface area (Å²) in [5.41, 5.74) is 5.71. The molecule has 2 fully saturated rings. The van der Waals surface area contributed by atoms with E-state index >= 15 is 0 Å². The molecular weight excluding hydrogens is 208 g/mol. The Balaban J connectivity index is 2.01. The maximum Gasteiger partial charge on any atom is 0.239 e. The van der Waals surface area contributed by atoms with Crippen LogP contribution >= 0.6 is 11.8 Å². The molecule has 1 aliphatic heterocycles. The summed E-state index contributed by atoms with van der Waals surface area (Å²) in [4.78, 5) is 14.1. The minimum absolute atomic E-state index is 0.161. The highest BCUT2D eigenvalue weighted by molar-refractivity contribution is 7.99. The summed E-state index contributed by atoms with van der Waals surface area (Å²) in [5, 5.41) is 0. The van der Waals surface area contributed by atoms with Crippen LogP contribution in [-0.2, 0) is 4.79 Å². The van der Waals surface area contributed by atoms with E-state index in [0.717, 1.165) is 12.8 Å². The molecule has 4 heteroatoms. The van der Waals surface area contributed by atoms with Crippen molar-refractivity contribution in [3.63, 3.8) is 0 Å². The minimum Gasteiger partial charge on any atom is -0.335 e. The van der Waals surface area contributed by atoms with Crippen molar-refractivity contribution in [1.82, 2.24) is 4.90 Å². The first-order valence-electron chi connectivity index (χ1n) is 5.85. The topological polar surface area (TPSA) is 46.3 Å². The molecule has 0 unspecified atom stereocenters. The van der Waals surface area contributed by atoms with E-state index in [1.807, 2.05) is 11.8 Å². The van der Waals surface area contributed by atoms with Crippen molar-refractivity contribution in [3.05, 3.63) is 0 Å². The van der Waals surface area contributed by atoms with Crippen molar-refractivity contribution >= 4 is 17.7 Å². The molecule has 0 aromatic heterocycles. The molecule has 2 aliphatic rings. The number of nitrogens with two attached hydrogens (primary N) is 1. The van der Waals surface area contributed by atoms with Crippen LogP contribution in [0.1, 0.15) is 32.6 Å². The molecule has 15 heavy (non-hydrogen) atoms. The monoisotopic (exact) mass is 228 g/mol. The highest BCUT2D eigenvalue weighted by Gasteiger charge is 2.38. The van der Waals surface area contributed by atoms with Crippen molar-refractivity contribution in [3.8, 4) is 0 Å². The Bertz CT molecular complexity index is 235. The second-order valence-corrected chi connectivity index (χ2v) is 5.83. The van der Waals surface area contributed by atoms with Gasteiger partial charge in [-0.1, -0.05) is 0 Å². The van der Waals surface area contributed by atoms with Gasteiger partial charge in [-0.05, 0) is 44.1 Å². The zero-order valence-corrected chi connectivity index (χ0v) is 10.1. The van der Waals surface area contributed by atoms with E-state index in [4.69, 9.17) is 5.73 Å². The Morgan fingerprint density at radius 1 is 1.27 bits per heavy atom. The van der Waals surface area contributed by atoms with E-state index in [9.17, 15) is 4.79 Å². The van der Waals surface area contributed by atoms with Crippen molar-refractivity contribution in [1.29, 1.82) is 0 Å². The lowest BCUT2D eigenvalue weighted by atomic mass is 10.1. The first kappa shape index (κ1) is 11.3. The molecule has 3 nitrogen and oxygen atoms in total. The molecule has 2 N–H and O–H groups in total. The van der Waals surface area contributed by atoms with Crippen LogP contribution in [0, 0.1) is 0 Å². The van der Waals surface area contributed by atoms with Crippen molar-refractivity contribution in [2.75, 3.05) is 11.5 Å². The van der Waals surface area contributed by atoms with Gasteiger partial charge in [0.25, 0.3) is 0 Å². The summed E-state index contributed by atoms with van der Waals surface area (Å²) in [6.07, 6.45) is 4.67. The first-order valence-corrected chi connectivity index (χ1v) is 7.01. The van der Waals surface area contributed by atoms with Crippen molar-refractivity contribution in [2.24, 2.45) is 5.73 Å². The van der Waals surface area contributed by atoms with E-state index in [0.29, 0.717) is 12.1 Å². The Hall–Kier alpha value is -0.220. The zero-order valence-electron chi connectivity index (χ0n) is 9.32. The van der Waals surface area contributed by atoms with Gasteiger partial charge in [0.1, 0.15) is 0 Å². The predicted molar refractivity (Wildman–Crippen MR) is 63.9 cm³/mol. The number of nitrogens with zero attached hydrogens (tertiary/aromatic N) is 1. The van der Waals surface area contributed by atoms with E-state index in [1.54, 1.807) is 6.92 Å². The van der Waals surface area contributed by atoms with Gasteiger partial charge in [-0.2, -0.15) is 11.8 Å². The van der Waals surface area contributed by atoms with Gasteiger partial charge in [-0.3, -0.25) is 4.79 Å². The van der Waals surface area contributed by atoms with E-state index in [1.165, 1.54) is 24.3 Å². The van der Waals surface area contributed by atoms with Crippen LogP contribution in [0.4, 0.5) is 0 Å². The molecule has 1 heterocycles. The Morgan fingerprint density at radius 3 is 2.27 bits per heavy atom. The van der Waals surface area contributed by atoms with Gasteiger partial charge in [-0.25, -0.2) is 0 Å². The van der Waals surface area contributed by atoms with Gasteiger partial charge in [0.05, 0.1) is 6.04 Å². The fourth-order valence-corrected chi connectivity index (χ4v) is 3.29. The molecule has 0 spiro atoms. The van der Waals surface area contributed by atoms with Crippen LogP contribution in [0.3, 0.4) is 0 Å². The summed E-state index contributed by atoms with van der Waals surface area (Å²) in [6, 6.07) is 0.647. The molecule has 0 radical (unpaired) electrons. The summed E-state index contributed by atoms with van der Waals surface area (Å²) in [5.74, 6) is 2.55. The van der Waals surface area contributed by atoms with Crippen LogP contribution in [0.5, 0.6) is 0 Å². The number of hydrogen-bond acceptors (Lipinski definition) is 3. The minimum atomic E-state index is -0.333. The third-order valence-corrected chi connectivity index (χ3v) is 4.22. The second-order valence-electron chi connectivity index (χ2n) is 4.61.